The second-order valence-electron chi connectivity index (χ2n) is 4.78. The summed E-state index contributed by atoms with van der Waals surface area (Å²) in [6.07, 6.45) is 0. The van der Waals surface area contributed by atoms with E-state index in [2.05, 4.69) is 4.74 Å². The first-order valence-corrected chi connectivity index (χ1v) is 6.16. The standard InChI is InChI=1S/C14H19FN2O3/c1-8(14(19)20-4)7-17(3)13(18)10-5-11(15)9(2)12(16)6-10/h5-6,8H,7,16H2,1-4H3. The third-order valence-electron chi connectivity index (χ3n) is 3.13. The monoisotopic (exact) mass is 282 g/mol. The van der Waals surface area contributed by atoms with Crippen LogP contribution < -0.4 is 5.73 Å². The highest BCUT2D eigenvalue weighted by atomic mass is 19.1. The second kappa shape index (κ2) is 6.36. The van der Waals surface area contributed by atoms with E-state index in [-0.39, 0.29) is 17.8 Å². The zero-order valence-electron chi connectivity index (χ0n) is 12.1. The number of hydrogen-bond donors (Lipinski definition) is 1. The number of hydrogen-bond acceptors (Lipinski definition) is 4. The minimum Gasteiger partial charge on any atom is -0.469 e. The van der Waals surface area contributed by atoms with E-state index < -0.39 is 23.6 Å². The van der Waals surface area contributed by atoms with Crippen LogP contribution in [-0.4, -0.2) is 37.5 Å². The fourth-order valence-corrected chi connectivity index (χ4v) is 1.81. The van der Waals surface area contributed by atoms with Crippen molar-refractivity contribution in [2.45, 2.75) is 13.8 Å². The summed E-state index contributed by atoms with van der Waals surface area (Å²) in [7, 11) is 2.83. The van der Waals surface area contributed by atoms with Crippen LogP contribution in [0, 0.1) is 18.7 Å². The summed E-state index contributed by atoms with van der Waals surface area (Å²) in [6, 6.07) is 2.58. The van der Waals surface area contributed by atoms with Gasteiger partial charge in [-0.15, -0.1) is 0 Å². The number of ether oxygens (including phenoxy) is 1. The normalized spacial score (nSPS) is 11.8. The molecule has 1 aromatic carbocycles. The van der Waals surface area contributed by atoms with Crippen molar-refractivity contribution in [2.75, 3.05) is 26.4 Å². The summed E-state index contributed by atoms with van der Waals surface area (Å²) in [5.74, 6) is -1.78. The van der Waals surface area contributed by atoms with E-state index in [0.717, 1.165) is 6.07 Å². The molecule has 6 heteroatoms. The molecule has 0 heterocycles. The number of esters is 1. The van der Waals surface area contributed by atoms with Gasteiger partial charge in [0.25, 0.3) is 5.91 Å². The van der Waals surface area contributed by atoms with Crippen molar-refractivity contribution < 1.29 is 18.7 Å². The van der Waals surface area contributed by atoms with Gasteiger partial charge in [-0.05, 0) is 19.1 Å². The van der Waals surface area contributed by atoms with Crippen LogP contribution in [0.5, 0.6) is 0 Å². The Balaban J connectivity index is 2.87. The predicted octanol–water partition coefficient (Wildman–Crippen LogP) is 1.60. The number of rotatable bonds is 4. The van der Waals surface area contributed by atoms with Crippen LogP contribution in [0.3, 0.4) is 0 Å². The van der Waals surface area contributed by atoms with Gasteiger partial charge >= 0.3 is 5.97 Å². The first kappa shape index (κ1) is 15.9. The number of anilines is 1. The molecule has 0 saturated carbocycles. The van der Waals surface area contributed by atoms with E-state index in [1.54, 1.807) is 13.8 Å². The molecule has 0 radical (unpaired) electrons. The van der Waals surface area contributed by atoms with Crippen LogP contribution in [0.1, 0.15) is 22.8 Å². The molecule has 1 atom stereocenters. The third kappa shape index (κ3) is 3.46. The molecular weight excluding hydrogens is 263 g/mol. The smallest absolute Gasteiger partial charge is 0.310 e. The summed E-state index contributed by atoms with van der Waals surface area (Å²) in [4.78, 5) is 24.8. The van der Waals surface area contributed by atoms with Gasteiger partial charge in [0, 0.05) is 30.4 Å². The van der Waals surface area contributed by atoms with E-state index >= 15 is 0 Å². The Morgan fingerprint density at radius 3 is 2.55 bits per heavy atom. The van der Waals surface area contributed by atoms with Crippen molar-refractivity contribution in [3.05, 3.63) is 29.1 Å². The average Bonchev–Trinajstić information content (AvgIpc) is 2.42. The predicted molar refractivity (Wildman–Crippen MR) is 73.7 cm³/mol. The van der Waals surface area contributed by atoms with Crippen LogP contribution in [0.4, 0.5) is 10.1 Å². The topological polar surface area (TPSA) is 72.6 Å². The molecule has 0 saturated heterocycles. The summed E-state index contributed by atoms with van der Waals surface area (Å²) in [6.45, 7) is 3.38. The number of methoxy groups -OCH3 is 1. The molecule has 5 nitrogen and oxygen atoms in total. The molecule has 0 aliphatic rings. The molecule has 110 valence electrons. The Bertz CT molecular complexity index is 508. The van der Waals surface area contributed by atoms with Crippen LogP contribution in [-0.2, 0) is 9.53 Å². The minimum absolute atomic E-state index is 0.158. The van der Waals surface area contributed by atoms with Gasteiger partial charge in [0.1, 0.15) is 5.82 Å². The number of carbonyl (C=O) groups excluding carboxylic acids is 2. The molecule has 0 spiro atoms. The highest BCUT2D eigenvalue weighted by Crippen LogP contribution is 2.19. The number of carbonyl (C=O) groups is 2. The van der Waals surface area contributed by atoms with Gasteiger partial charge in [-0.25, -0.2) is 4.39 Å². The fourth-order valence-electron chi connectivity index (χ4n) is 1.81. The van der Waals surface area contributed by atoms with Crippen molar-refractivity contribution in [3.63, 3.8) is 0 Å². The number of halogens is 1. The van der Waals surface area contributed by atoms with E-state index in [4.69, 9.17) is 5.73 Å². The van der Waals surface area contributed by atoms with Crippen molar-refractivity contribution in [3.8, 4) is 0 Å². The van der Waals surface area contributed by atoms with Gasteiger partial charge in [-0.2, -0.15) is 0 Å². The Labute approximate surface area is 117 Å². The first-order valence-electron chi connectivity index (χ1n) is 6.16. The molecule has 1 aromatic rings. The van der Waals surface area contributed by atoms with Crippen LogP contribution in [0.15, 0.2) is 12.1 Å². The molecule has 0 fully saturated rings. The van der Waals surface area contributed by atoms with Crippen LogP contribution >= 0.6 is 0 Å². The molecular formula is C14H19FN2O3. The van der Waals surface area contributed by atoms with Gasteiger partial charge in [0.05, 0.1) is 13.0 Å². The summed E-state index contributed by atoms with van der Waals surface area (Å²) in [5.41, 5.74) is 6.34. The Hall–Kier alpha value is -2.11. The number of nitrogens with zero attached hydrogens (tertiary/aromatic N) is 1. The van der Waals surface area contributed by atoms with Crippen LogP contribution in [0.2, 0.25) is 0 Å². The molecule has 2 N–H and O–H groups in total. The van der Waals surface area contributed by atoms with E-state index in [1.165, 1.54) is 25.1 Å². The van der Waals surface area contributed by atoms with Crippen molar-refractivity contribution >= 4 is 17.6 Å². The lowest BCUT2D eigenvalue weighted by Crippen LogP contribution is -2.34. The summed E-state index contributed by atoms with van der Waals surface area (Å²) < 4.78 is 18.2. The molecule has 0 aliphatic carbocycles. The highest BCUT2D eigenvalue weighted by Gasteiger charge is 2.20. The lowest BCUT2D eigenvalue weighted by atomic mass is 10.1. The maximum absolute atomic E-state index is 13.6. The number of amides is 1. The summed E-state index contributed by atoms with van der Waals surface area (Å²) >= 11 is 0. The number of nitrogen functional groups attached to an aromatic ring is 1. The summed E-state index contributed by atoms with van der Waals surface area (Å²) in [5, 5.41) is 0. The van der Waals surface area contributed by atoms with Crippen LogP contribution in [0.25, 0.3) is 0 Å². The van der Waals surface area contributed by atoms with Gasteiger partial charge in [0.2, 0.25) is 0 Å². The molecule has 0 aromatic heterocycles. The Kier molecular flexibility index (Phi) is 5.07. The molecule has 0 aliphatic heterocycles. The molecule has 1 rings (SSSR count). The lowest BCUT2D eigenvalue weighted by molar-refractivity contribution is -0.145. The second-order valence-corrected chi connectivity index (χ2v) is 4.78. The quantitative estimate of drug-likeness (QED) is 0.672. The lowest BCUT2D eigenvalue weighted by Gasteiger charge is -2.20. The minimum atomic E-state index is -0.525. The molecule has 0 bridgehead atoms. The van der Waals surface area contributed by atoms with Crippen molar-refractivity contribution in [2.24, 2.45) is 5.92 Å². The first-order chi connectivity index (χ1) is 9.27. The Morgan fingerprint density at radius 2 is 2.05 bits per heavy atom. The molecule has 20 heavy (non-hydrogen) atoms. The van der Waals surface area contributed by atoms with E-state index in [9.17, 15) is 14.0 Å². The van der Waals surface area contributed by atoms with E-state index in [0.29, 0.717) is 5.56 Å². The van der Waals surface area contributed by atoms with Gasteiger partial charge in [-0.3, -0.25) is 9.59 Å². The Morgan fingerprint density at radius 1 is 1.45 bits per heavy atom. The molecule has 1 unspecified atom stereocenters. The van der Waals surface area contributed by atoms with Gasteiger partial charge < -0.3 is 15.4 Å². The largest absolute Gasteiger partial charge is 0.469 e. The SMILES string of the molecule is COC(=O)C(C)CN(C)C(=O)c1cc(N)c(C)c(F)c1. The maximum Gasteiger partial charge on any atom is 0.310 e. The van der Waals surface area contributed by atoms with E-state index in [1.807, 2.05) is 0 Å². The molecule has 1 amide bonds. The third-order valence-corrected chi connectivity index (χ3v) is 3.13. The van der Waals surface area contributed by atoms with Crippen molar-refractivity contribution in [1.29, 1.82) is 0 Å². The van der Waals surface area contributed by atoms with Gasteiger partial charge in [-0.1, -0.05) is 6.92 Å². The maximum atomic E-state index is 13.6. The average molecular weight is 282 g/mol. The number of nitrogens with two attached hydrogens (primary N) is 1. The fraction of sp³-hybridized carbons (Fsp3) is 0.429. The van der Waals surface area contributed by atoms with Crippen molar-refractivity contribution in [1.82, 2.24) is 4.90 Å². The van der Waals surface area contributed by atoms with Gasteiger partial charge in [0.15, 0.2) is 0 Å². The number of benzene rings is 1. The highest BCUT2D eigenvalue weighted by molar-refractivity contribution is 5.95. The zero-order chi connectivity index (χ0) is 15.4. The zero-order valence-corrected chi connectivity index (χ0v) is 12.1.